The number of ether oxygens (including phenoxy) is 1. The third-order valence-corrected chi connectivity index (χ3v) is 6.67. The van der Waals surface area contributed by atoms with Gasteiger partial charge in [-0.1, -0.05) is 18.2 Å². The smallest absolute Gasteiger partial charge is 0.268 e. The number of rotatable bonds is 5. The molecule has 1 N–H and O–H groups in total. The van der Waals surface area contributed by atoms with E-state index in [1.807, 2.05) is 0 Å². The highest BCUT2D eigenvalue weighted by molar-refractivity contribution is 7.90. The largest absolute Gasteiger partial charge is 0.453 e. The van der Waals surface area contributed by atoms with Gasteiger partial charge >= 0.3 is 0 Å². The van der Waals surface area contributed by atoms with Crippen LogP contribution in [-0.4, -0.2) is 25.3 Å². The molecular weight excluding hydrogens is 471 g/mol. The lowest BCUT2D eigenvalue weighted by Crippen LogP contribution is -2.20. The highest BCUT2D eigenvalue weighted by atomic mass is 32.2. The number of nitrogens with one attached hydrogen (secondary N) is 1. The van der Waals surface area contributed by atoms with Gasteiger partial charge in [0.15, 0.2) is 11.6 Å². The van der Waals surface area contributed by atoms with E-state index in [-0.39, 0.29) is 16.0 Å². The molecule has 0 spiro atoms. The zero-order valence-corrected chi connectivity index (χ0v) is 18.2. The molecule has 0 bridgehead atoms. The Balaban J connectivity index is 1.99. The van der Waals surface area contributed by atoms with Gasteiger partial charge in [-0.2, -0.15) is 9.65 Å². The quantitative estimate of drug-likeness (QED) is 0.454. The third-order valence-electron chi connectivity index (χ3n) is 4.98. The van der Waals surface area contributed by atoms with Gasteiger partial charge in [0.25, 0.3) is 15.9 Å². The second kappa shape index (κ2) is 8.57. The first-order valence-electron chi connectivity index (χ1n) is 9.63. The van der Waals surface area contributed by atoms with E-state index in [0.29, 0.717) is 3.97 Å². The summed E-state index contributed by atoms with van der Waals surface area (Å²) in [6.45, 7) is 0. The van der Waals surface area contributed by atoms with Crippen LogP contribution in [0.2, 0.25) is 0 Å². The third kappa shape index (κ3) is 3.64. The van der Waals surface area contributed by atoms with Crippen molar-refractivity contribution in [3.8, 4) is 17.6 Å². The van der Waals surface area contributed by atoms with E-state index in [1.165, 1.54) is 31.3 Å². The average Bonchev–Trinajstić information content (AvgIpc) is 3.29. The van der Waals surface area contributed by atoms with Gasteiger partial charge < -0.3 is 10.1 Å². The first-order valence-corrected chi connectivity index (χ1v) is 11.1. The lowest BCUT2D eigenvalue weighted by molar-refractivity contribution is 0.0961. The molecule has 0 unspecified atom stereocenters. The minimum Gasteiger partial charge on any atom is -0.453 e. The van der Waals surface area contributed by atoms with E-state index >= 15 is 8.78 Å². The Bertz CT molecular complexity index is 1590. The summed E-state index contributed by atoms with van der Waals surface area (Å²) in [4.78, 5) is 12.5. The molecule has 7 nitrogen and oxygen atoms in total. The fraction of sp³-hybridized carbons (Fsp3) is 0.0435. The highest BCUT2D eigenvalue weighted by Gasteiger charge is 2.31. The molecule has 4 rings (SSSR count). The van der Waals surface area contributed by atoms with Crippen LogP contribution in [0.25, 0.3) is 10.9 Å². The summed E-state index contributed by atoms with van der Waals surface area (Å²) in [7, 11) is -3.10. The fourth-order valence-electron chi connectivity index (χ4n) is 3.39. The standard InChI is InChI=1S/C23H14F3N3O4S/c1-28-23(30)18-16-9-10-29(34(31,32)15-5-3-2-4-6-15)21(16)19(25)20(26)22(18)33-14-7-8-17(24)13(11-14)12-27/h2-11H,1H3,(H,28,30). The summed E-state index contributed by atoms with van der Waals surface area (Å²) in [6.07, 6.45) is 0.997. The van der Waals surface area contributed by atoms with Gasteiger partial charge in [0, 0.05) is 24.7 Å². The minimum absolute atomic E-state index is 0.176. The highest BCUT2D eigenvalue weighted by Crippen LogP contribution is 2.38. The van der Waals surface area contributed by atoms with Crippen molar-refractivity contribution in [3.63, 3.8) is 0 Å². The van der Waals surface area contributed by atoms with Crippen molar-refractivity contribution in [1.82, 2.24) is 9.29 Å². The minimum atomic E-state index is -4.34. The zero-order chi connectivity index (χ0) is 24.6. The molecule has 0 aliphatic carbocycles. The maximum atomic E-state index is 15.3. The number of fused-ring (bicyclic) bond motifs is 1. The number of aromatic nitrogens is 1. The van der Waals surface area contributed by atoms with Crippen molar-refractivity contribution in [3.05, 3.63) is 89.4 Å². The summed E-state index contributed by atoms with van der Waals surface area (Å²) >= 11 is 0. The second-order valence-corrected chi connectivity index (χ2v) is 8.77. The van der Waals surface area contributed by atoms with Gasteiger partial charge in [0.05, 0.1) is 16.0 Å². The molecule has 0 saturated carbocycles. The van der Waals surface area contributed by atoms with Crippen LogP contribution in [0.4, 0.5) is 13.2 Å². The Morgan fingerprint density at radius 3 is 2.41 bits per heavy atom. The normalized spacial score (nSPS) is 11.3. The second-order valence-electron chi connectivity index (χ2n) is 6.96. The molecule has 4 aromatic rings. The van der Waals surface area contributed by atoms with Gasteiger partial charge in [-0.05, 0) is 30.3 Å². The molecule has 1 aromatic heterocycles. The molecule has 11 heteroatoms. The van der Waals surface area contributed by atoms with E-state index in [9.17, 15) is 17.6 Å². The molecule has 0 saturated heterocycles. The number of hydrogen-bond acceptors (Lipinski definition) is 5. The molecule has 3 aromatic carbocycles. The van der Waals surface area contributed by atoms with Gasteiger partial charge in [-0.15, -0.1) is 0 Å². The molecular formula is C23H14F3N3O4S. The first kappa shape index (κ1) is 22.9. The predicted octanol–water partition coefficient (Wildman–Crippen LogP) is 4.32. The van der Waals surface area contributed by atoms with E-state index in [0.717, 1.165) is 30.5 Å². The lowest BCUT2D eigenvalue weighted by Gasteiger charge is -2.15. The Kier molecular flexibility index (Phi) is 5.76. The Morgan fingerprint density at radius 2 is 1.76 bits per heavy atom. The van der Waals surface area contributed by atoms with Gasteiger partial charge in [-0.3, -0.25) is 4.79 Å². The van der Waals surface area contributed by atoms with Crippen molar-refractivity contribution < 1.29 is 31.1 Å². The fourth-order valence-corrected chi connectivity index (χ4v) is 4.76. The van der Waals surface area contributed by atoms with Crippen LogP contribution in [0.3, 0.4) is 0 Å². The lowest BCUT2D eigenvalue weighted by atomic mass is 10.1. The van der Waals surface area contributed by atoms with Crippen LogP contribution in [0.15, 0.2) is 65.7 Å². The van der Waals surface area contributed by atoms with Gasteiger partial charge in [0.2, 0.25) is 5.82 Å². The van der Waals surface area contributed by atoms with E-state index in [1.54, 1.807) is 12.1 Å². The Labute approximate surface area is 191 Å². The summed E-state index contributed by atoms with van der Waals surface area (Å²) in [5.41, 5.74) is -1.59. The summed E-state index contributed by atoms with van der Waals surface area (Å²) in [5.74, 6) is -6.06. The molecule has 0 aliphatic rings. The van der Waals surface area contributed by atoms with Crippen molar-refractivity contribution >= 4 is 26.8 Å². The maximum absolute atomic E-state index is 15.3. The van der Waals surface area contributed by atoms with Crippen molar-refractivity contribution in [2.24, 2.45) is 0 Å². The van der Waals surface area contributed by atoms with Crippen LogP contribution in [0, 0.1) is 28.8 Å². The number of carbonyl (C=O) groups excluding carboxylic acids is 1. The van der Waals surface area contributed by atoms with Crippen LogP contribution in [0.5, 0.6) is 11.5 Å². The van der Waals surface area contributed by atoms with E-state index in [2.05, 4.69) is 5.32 Å². The number of amides is 1. The Hall–Kier alpha value is -4.30. The van der Waals surface area contributed by atoms with Crippen LogP contribution in [0.1, 0.15) is 15.9 Å². The first-order chi connectivity index (χ1) is 16.2. The maximum Gasteiger partial charge on any atom is 0.268 e. The van der Waals surface area contributed by atoms with Gasteiger partial charge in [-0.25, -0.2) is 21.2 Å². The summed E-state index contributed by atoms with van der Waals surface area (Å²) in [6, 6.07) is 12.7. The van der Waals surface area contributed by atoms with Crippen molar-refractivity contribution in [1.29, 1.82) is 5.26 Å². The van der Waals surface area contributed by atoms with E-state index < -0.39 is 55.8 Å². The molecule has 34 heavy (non-hydrogen) atoms. The number of benzene rings is 3. The number of nitriles is 1. The number of nitrogens with zero attached hydrogens (tertiary/aromatic N) is 2. The van der Waals surface area contributed by atoms with Gasteiger partial charge in [0.1, 0.15) is 23.2 Å². The molecule has 1 amide bonds. The Morgan fingerprint density at radius 1 is 1.06 bits per heavy atom. The van der Waals surface area contributed by atoms with Crippen LogP contribution < -0.4 is 10.1 Å². The predicted molar refractivity (Wildman–Crippen MR) is 115 cm³/mol. The summed E-state index contributed by atoms with van der Waals surface area (Å²) < 4.78 is 76.2. The molecule has 172 valence electrons. The monoisotopic (exact) mass is 485 g/mol. The van der Waals surface area contributed by atoms with Crippen molar-refractivity contribution in [2.45, 2.75) is 4.90 Å². The van der Waals surface area contributed by atoms with Crippen LogP contribution >= 0.6 is 0 Å². The topological polar surface area (TPSA) is 101 Å². The van der Waals surface area contributed by atoms with Crippen LogP contribution in [-0.2, 0) is 10.0 Å². The SMILES string of the molecule is CNC(=O)c1c(Oc2ccc(F)c(C#N)c2)c(F)c(F)c2c1ccn2S(=O)(=O)c1ccccc1. The zero-order valence-electron chi connectivity index (χ0n) is 17.3. The molecule has 0 atom stereocenters. The number of hydrogen-bond donors (Lipinski definition) is 1. The number of carbonyl (C=O) groups is 1. The molecule has 0 fully saturated rings. The molecule has 0 radical (unpaired) electrons. The number of halogens is 3. The average molecular weight is 485 g/mol. The van der Waals surface area contributed by atoms with Crippen molar-refractivity contribution in [2.75, 3.05) is 7.05 Å². The summed E-state index contributed by atoms with van der Waals surface area (Å²) in [5, 5.41) is 11.0. The molecule has 0 aliphatic heterocycles. The molecule has 1 heterocycles. The van der Waals surface area contributed by atoms with E-state index in [4.69, 9.17) is 10.00 Å².